The molecule has 0 aliphatic carbocycles. The summed E-state index contributed by atoms with van der Waals surface area (Å²) in [5, 5.41) is 0. The Labute approximate surface area is 106 Å². The fourth-order valence-electron chi connectivity index (χ4n) is 2.16. The normalized spacial score (nSPS) is 37.3. The highest BCUT2D eigenvalue weighted by Gasteiger charge is 2.58. The Morgan fingerprint density at radius 3 is 2.67 bits per heavy atom. The summed E-state index contributed by atoms with van der Waals surface area (Å²) in [5.74, 6) is -1.25. The molecule has 0 amide bonds. The van der Waals surface area contributed by atoms with Gasteiger partial charge in [-0.25, -0.2) is 4.79 Å². The summed E-state index contributed by atoms with van der Waals surface area (Å²) in [5.41, 5.74) is 0. The summed E-state index contributed by atoms with van der Waals surface area (Å²) in [6.45, 7) is 7.18. The number of fused-ring (bicyclic) bond motifs is 1. The molecule has 2 fully saturated rings. The van der Waals surface area contributed by atoms with E-state index in [4.69, 9.17) is 23.7 Å². The summed E-state index contributed by atoms with van der Waals surface area (Å²) in [6.07, 6.45) is -0.901. The van der Waals surface area contributed by atoms with Gasteiger partial charge in [0.25, 0.3) is 0 Å². The maximum absolute atomic E-state index is 11.8. The fraction of sp³-hybridized carbons (Fsp3) is 0.750. The van der Waals surface area contributed by atoms with Crippen LogP contribution in [0.2, 0.25) is 0 Å². The van der Waals surface area contributed by atoms with Crippen LogP contribution in [0, 0.1) is 0 Å². The van der Waals surface area contributed by atoms with E-state index >= 15 is 0 Å². The highest BCUT2D eigenvalue weighted by Crippen LogP contribution is 2.39. The Bertz CT molecular complexity index is 339. The zero-order valence-electron chi connectivity index (χ0n) is 10.8. The number of methoxy groups -OCH3 is 1. The summed E-state index contributed by atoms with van der Waals surface area (Å²) < 4.78 is 26.9. The first-order valence-corrected chi connectivity index (χ1v) is 5.80. The van der Waals surface area contributed by atoms with Crippen molar-refractivity contribution >= 4 is 5.97 Å². The van der Waals surface area contributed by atoms with E-state index in [1.807, 2.05) is 0 Å². The molecular formula is C12H18O6. The molecule has 2 heterocycles. The Balaban J connectivity index is 2.08. The van der Waals surface area contributed by atoms with Crippen molar-refractivity contribution in [3.63, 3.8) is 0 Å². The second kappa shape index (κ2) is 4.97. The maximum Gasteiger partial charge on any atom is 0.338 e. The summed E-state index contributed by atoms with van der Waals surface area (Å²) in [7, 11) is 1.49. The molecule has 4 atom stereocenters. The molecule has 0 radical (unpaired) electrons. The number of carbonyl (C=O) groups excluding carboxylic acids is 1. The smallest absolute Gasteiger partial charge is 0.338 e. The van der Waals surface area contributed by atoms with Gasteiger partial charge in [-0.1, -0.05) is 12.7 Å². The molecule has 2 aliphatic rings. The zero-order valence-corrected chi connectivity index (χ0v) is 10.8. The van der Waals surface area contributed by atoms with Crippen molar-refractivity contribution in [3.05, 3.63) is 12.7 Å². The molecule has 2 rings (SSSR count). The molecule has 0 N–H and O–H groups in total. The molecule has 0 aromatic rings. The van der Waals surface area contributed by atoms with Crippen LogP contribution < -0.4 is 0 Å². The van der Waals surface area contributed by atoms with Crippen LogP contribution in [0.15, 0.2) is 12.7 Å². The summed E-state index contributed by atoms with van der Waals surface area (Å²) in [6, 6.07) is 0. The van der Waals surface area contributed by atoms with E-state index in [0.29, 0.717) is 0 Å². The maximum atomic E-state index is 11.8. The van der Waals surface area contributed by atoms with Crippen molar-refractivity contribution in [2.45, 2.75) is 44.2 Å². The van der Waals surface area contributed by atoms with Crippen LogP contribution in [-0.2, 0) is 28.5 Å². The van der Waals surface area contributed by atoms with Gasteiger partial charge in [0.15, 0.2) is 18.2 Å². The Morgan fingerprint density at radius 2 is 2.06 bits per heavy atom. The lowest BCUT2D eigenvalue weighted by Crippen LogP contribution is -2.36. The van der Waals surface area contributed by atoms with Gasteiger partial charge < -0.3 is 23.7 Å². The monoisotopic (exact) mass is 258 g/mol. The molecule has 2 saturated heterocycles. The van der Waals surface area contributed by atoms with E-state index in [-0.39, 0.29) is 6.61 Å². The average Bonchev–Trinajstić information content (AvgIpc) is 2.78. The van der Waals surface area contributed by atoms with Crippen LogP contribution >= 0.6 is 0 Å². The number of hydrogen-bond acceptors (Lipinski definition) is 6. The molecule has 0 saturated carbocycles. The van der Waals surface area contributed by atoms with E-state index in [1.165, 1.54) is 13.2 Å². The Hall–Kier alpha value is -0.950. The van der Waals surface area contributed by atoms with Crippen molar-refractivity contribution in [1.82, 2.24) is 0 Å². The third-order valence-electron chi connectivity index (χ3n) is 2.82. The van der Waals surface area contributed by atoms with Crippen molar-refractivity contribution in [1.29, 1.82) is 0 Å². The molecule has 0 aromatic carbocycles. The minimum absolute atomic E-state index is 0.137. The molecule has 6 heteroatoms. The van der Waals surface area contributed by atoms with Crippen LogP contribution in [-0.4, -0.2) is 50.1 Å². The number of carbonyl (C=O) groups is 1. The van der Waals surface area contributed by atoms with Crippen molar-refractivity contribution in [2.75, 3.05) is 13.7 Å². The van der Waals surface area contributed by atoms with E-state index in [0.717, 1.165) is 0 Å². The van der Waals surface area contributed by atoms with Gasteiger partial charge in [0.2, 0.25) is 0 Å². The van der Waals surface area contributed by atoms with Gasteiger partial charge >= 0.3 is 5.97 Å². The SMILES string of the molecule is C=CCOC(=O)[C@H]1O[C@@H](OC)[C@@H]2OC(C)(C)O[C@@H]21. The number of ether oxygens (including phenoxy) is 5. The molecule has 6 nitrogen and oxygen atoms in total. The van der Waals surface area contributed by atoms with Crippen LogP contribution in [0.3, 0.4) is 0 Å². The third-order valence-corrected chi connectivity index (χ3v) is 2.82. The first-order chi connectivity index (χ1) is 8.48. The minimum atomic E-state index is -0.832. The van der Waals surface area contributed by atoms with E-state index in [2.05, 4.69) is 6.58 Å². The molecule has 0 unspecified atom stereocenters. The fourth-order valence-corrected chi connectivity index (χ4v) is 2.16. The molecule has 0 bridgehead atoms. The van der Waals surface area contributed by atoms with Crippen LogP contribution in [0.25, 0.3) is 0 Å². The largest absolute Gasteiger partial charge is 0.459 e. The number of esters is 1. The van der Waals surface area contributed by atoms with Crippen LogP contribution in [0.5, 0.6) is 0 Å². The van der Waals surface area contributed by atoms with Crippen molar-refractivity contribution < 1.29 is 28.5 Å². The highest BCUT2D eigenvalue weighted by atomic mass is 16.8. The van der Waals surface area contributed by atoms with Crippen LogP contribution in [0.1, 0.15) is 13.8 Å². The lowest BCUT2D eigenvalue weighted by molar-refractivity contribution is -0.230. The molecule has 0 spiro atoms. The van der Waals surface area contributed by atoms with E-state index in [9.17, 15) is 4.79 Å². The van der Waals surface area contributed by atoms with Gasteiger partial charge in [-0.15, -0.1) is 0 Å². The topological polar surface area (TPSA) is 63.2 Å². The lowest BCUT2D eigenvalue weighted by atomic mass is 10.1. The van der Waals surface area contributed by atoms with Crippen molar-refractivity contribution in [2.24, 2.45) is 0 Å². The van der Waals surface area contributed by atoms with Crippen LogP contribution in [0.4, 0.5) is 0 Å². The molecule has 18 heavy (non-hydrogen) atoms. The highest BCUT2D eigenvalue weighted by molar-refractivity contribution is 5.76. The second-order valence-electron chi connectivity index (χ2n) is 4.64. The minimum Gasteiger partial charge on any atom is -0.459 e. The van der Waals surface area contributed by atoms with Gasteiger partial charge in [-0.05, 0) is 13.8 Å². The van der Waals surface area contributed by atoms with E-state index in [1.54, 1.807) is 13.8 Å². The molecule has 2 aliphatic heterocycles. The van der Waals surface area contributed by atoms with Gasteiger partial charge in [-0.3, -0.25) is 0 Å². The molecule has 0 aromatic heterocycles. The number of hydrogen-bond donors (Lipinski definition) is 0. The predicted octanol–water partition coefficient (Wildman–Crippen LogP) is 0.607. The lowest BCUT2D eigenvalue weighted by Gasteiger charge is -2.22. The number of rotatable bonds is 4. The predicted molar refractivity (Wildman–Crippen MR) is 60.7 cm³/mol. The second-order valence-corrected chi connectivity index (χ2v) is 4.64. The zero-order chi connectivity index (χ0) is 13.3. The quantitative estimate of drug-likeness (QED) is 0.544. The molecule has 102 valence electrons. The van der Waals surface area contributed by atoms with Gasteiger partial charge in [0, 0.05) is 7.11 Å². The average molecular weight is 258 g/mol. The standard InChI is InChI=1S/C12H18O6/c1-5-6-15-10(13)8-7-9(11(14-4)16-8)18-12(2,3)17-7/h5,7-9,11H,1,6H2,2-4H3/t7-,8+,9-,11-/m1/s1. The Morgan fingerprint density at radius 1 is 1.39 bits per heavy atom. The van der Waals surface area contributed by atoms with Gasteiger partial charge in [0.1, 0.15) is 18.8 Å². The third kappa shape index (κ3) is 2.42. The van der Waals surface area contributed by atoms with Crippen molar-refractivity contribution in [3.8, 4) is 0 Å². The van der Waals surface area contributed by atoms with Gasteiger partial charge in [-0.2, -0.15) is 0 Å². The molecular weight excluding hydrogens is 240 g/mol. The summed E-state index contributed by atoms with van der Waals surface area (Å²) in [4.78, 5) is 11.8. The van der Waals surface area contributed by atoms with Gasteiger partial charge in [0.05, 0.1) is 0 Å². The van der Waals surface area contributed by atoms with E-state index < -0.39 is 36.4 Å². The summed E-state index contributed by atoms with van der Waals surface area (Å²) >= 11 is 0. The first kappa shape index (κ1) is 13.5. The first-order valence-electron chi connectivity index (χ1n) is 5.80. The Kier molecular flexibility index (Phi) is 3.72.